The van der Waals surface area contributed by atoms with Gasteiger partial charge in [-0.05, 0) is 12.5 Å². The van der Waals surface area contributed by atoms with Crippen molar-refractivity contribution in [2.24, 2.45) is 5.92 Å². The first kappa shape index (κ1) is 11.6. The zero-order chi connectivity index (χ0) is 12.4. The molecule has 3 atom stereocenters. The largest absolute Gasteiger partial charge is 0.466 e. The van der Waals surface area contributed by atoms with Crippen molar-refractivity contribution in [3.63, 3.8) is 0 Å². The highest BCUT2D eigenvalue weighted by Crippen LogP contribution is 2.50. The number of hydrogen-bond acceptors (Lipinski definition) is 4. The number of esters is 1. The first-order valence-corrected chi connectivity index (χ1v) is 5.52. The predicted molar refractivity (Wildman–Crippen MR) is 60.1 cm³/mol. The van der Waals surface area contributed by atoms with Crippen LogP contribution in [0.3, 0.4) is 0 Å². The van der Waals surface area contributed by atoms with Gasteiger partial charge in [0.1, 0.15) is 5.92 Å². The molecule has 5 nitrogen and oxygen atoms in total. The maximum atomic E-state index is 11.6. The molecule has 0 heterocycles. The van der Waals surface area contributed by atoms with Crippen LogP contribution in [0.5, 0.6) is 0 Å². The Labute approximate surface area is 98.5 Å². The molecule has 5 heteroatoms. The molecule has 0 aromatic heterocycles. The molecule has 17 heavy (non-hydrogen) atoms. The Morgan fingerprint density at radius 1 is 1.41 bits per heavy atom. The Hall–Kier alpha value is -1.91. The van der Waals surface area contributed by atoms with Gasteiger partial charge in [0.25, 0.3) is 0 Å². The number of benzene rings is 1. The molecule has 0 bridgehead atoms. The van der Waals surface area contributed by atoms with Crippen LogP contribution in [-0.4, -0.2) is 23.5 Å². The summed E-state index contributed by atoms with van der Waals surface area (Å²) in [7, 11) is 0. The van der Waals surface area contributed by atoms with Gasteiger partial charge in [0.15, 0.2) is 0 Å². The number of hydrogen-bond donors (Lipinski definition) is 0. The fraction of sp³-hybridized carbons (Fsp3) is 0.417. The molecule has 1 fully saturated rings. The maximum Gasteiger partial charge on any atom is 0.316 e. The van der Waals surface area contributed by atoms with Gasteiger partial charge in [-0.25, -0.2) is 0 Å². The molecule has 90 valence electrons. The second-order valence-corrected chi connectivity index (χ2v) is 3.99. The smallest absolute Gasteiger partial charge is 0.316 e. The number of ether oxygens (including phenoxy) is 1. The summed E-state index contributed by atoms with van der Waals surface area (Å²) in [5.41, 5.74) is 0.826. The Kier molecular flexibility index (Phi) is 3.08. The molecule has 1 saturated carbocycles. The lowest BCUT2D eigenvalue weighted by Crippen LogP contribution is -2.13. The van der Waals surface area contributed by atoms with E-state index in [2.05, 4.69) is 0 Å². The van der Waals surface area contributed by atoms with E-state index in [9.17, 15) is 14.9 Å². The Morgan fingerprint density at radius 3 is 2.59 bits per heavy atom. The van der Waals surface area contributed by atoms with Crippen molar-refractivity contribution in [3.8, 4) is 0 Å². The summed E-state index contributed by atoms with van der Waals surface area (Å²) in [5, 5.41) is 10.9. The molecule has 0 spiro atoms. The minimum atomic E-state index is -0.837. The third kappa shape index (κ3) is 2.13. The third-order valence-electron chi connectivity index (χ3n) is 2.97. The quantitative estimate of drug-likeness (QED) is 0.451. The van der Waals surface area contributed by atoms with E-state index in [1.165, 1.54) is 0 Å². The lowest BCUT2D eigenvalue weighted by Gasteiger charge is -1.98. The van der Waals surface area contributed by atoms with Crippen molar-refractivity contribution in [2.75, 3.05) is 6.61 Å². The number of carbonyl (C=O) groups excluding carboxylic acids is 1. The van der Waals surface area contributed by atoms with E-state index in [1.807, 2.05) is 18.2 Å². The van der Waals surface area contributed by atoms with Gasteiger partial charge in [0, 0.05) is 4.92 Å². The zero-order valence-electron chi connectivity index (χ0n) is 9.41. The van der Waals surface area contributed by atoms with Crippen LogP contribution >= 0.6 is 0 Å². The fourth-order valence-electron chi connectivity index (χ4n) is 2.16. The standard InChI is InChI=1S/C12H13NO4/c1-2-17-12(14)10-9(11(10)13(15)16)8-6-4-3-5-7-8/h3-7,9-11H,2H2,1H3/t9-,10-,11+/m0/s1. The first-order valence-electron chi connectivity index (χ1n) is 5.52. The second kappa shape index (κ2) is 4.53. The van der Waals surface area contributed by atoms with Gasteiger partial charge in [-0.1, -0.05) is 30.3 Å². The molecule has 0 radical (unpaired) electrons. The fourth-order valence-corrected chi connectivity index (χ4v) is 2.16. The topological polar surface area (TPSA) is 69.4 Å². The molecular weight excluding hydrogens is 222 g/mol. The van der Waals surface area contributed by atoms with Crippen LogP contribution in [-0.2, 0) is 9.53 Å². The maximum absolute atomic E-state index is 11.6. The zero-order valence-corrected chi connectivity index (χ0v) is 9.41. The number of carbonyl (C=O) groups is 1. The molecular formula is C12H13NO4. The van der Waals surface area contributed by atoms with E-state index < -0.39 is 17.9 Å². The van der Waals surface area contributed by atoms with E-state index in [0.717, 1.165) is 5.56 Å². The molecule has 0 aliphatic heterocycles. The predicted octanol–water partition coefficient (Wildman–Crippen LogP) is 1.61. The highest BCUT2D eigenvalue weighted by atomic mass is 16.6. The Morgan fingerprint density at radius 2 is 2.06 bits per heavy atom. The van der Waals surface area contributed by atoms with Gasteiger partial charge in [-0.3, -0.25) is 14.9 Å². The summed E-state index contributed by atoms with van der Waals surface area (Å²) in [6, 6.07) is 8.24. The normalized spacial score (nSPS) is 26.3. The SMILES string of the molecule is CCOC(=O)[C@H]1[C@H](c2ccccc2)[C@H]1[N+](=O)[O-]. The molecule has 1 aromatic rings. The Balaban J connectivity index is 2.18. The molecule has 1 aliphatic carbocycles. The number of nitro groups is 1. The van der Waals surface area contributed by atoms with Crippen molar-refractivity contribution >= 4 is 5.97 Å². The summed E-state index contributed by atoms with van der Waals surface area (Å²) >= 11 is 0. The average Bonchev–Trinajstić information content (AvgIpc) is 3.06. The van der Waals surface area contributed by atoms with Crippen LogP contribution in [0.2, 0.25) is 0 Å². The monoisotopic (exact) mass is 235 g/mol. The highest BCUT2D eigenvalue weighted by Gasteiger charge is 2.66. The minimum absolute atomic E-state index is 0.251. The van der Waals surface area contributed by atoms with E-state index in [-0.39, 0.29) is 17.4 Å². The van der Waals surface area contributed by atoms with Gasteiger partial charge in [-0.15, -0.1) is 0 Å². The van der Waals surface area contributed by atoms with Crippen molar-refractivity contribution in [2.45, 2.75) is 18.9 Å². The number of nitrogens with zero attached hydrogens (tertiary/aromatic N) is 1. The lowest BCUT2D eigenvalue weighted by molar-refractivity contribution is -0.498. The summed E-state index contributed by atoms with van der Waals surface area (Å²) in [6.07, 6.45) is 0. The van der Waals surface area contributed by atoms with Gasteiger partial charge in [0.05, 0.1) is 12.5 Å². The van der Waals surface area contributed by atoms with Crippen LogP contribution in [0.15, 0.2) is 30.3 Å². The average molecular weight is 235 g/mol. The molecule has 1 aliphatic rings. The third-order valence-corrected chi connectivity index (χ3v) is 2.97. The van der Waals surface area contributed by atoms with E-state index in [4.69, 9.17) is 4.74 Å². The van der Waals surface area contributed by atoms with Crippen LogP contribution in [0, 0.1) is 16.0 Å². The number of rotatable bonds is 4. The molecule has 0 amide bonds. The van der Waals surface area contributed by atoms with Gasteiger partial charge in [-0.2, -0.15) is 0 Å². The van der Waals surface area contributed by atoms with Crippen LogP contribution in [0.25, 0.3) is 0 Å². The first-order chi connectivity index (χ1) is 8.16. The van der Waals surface area contributed by atoms with E-state index in [0.29, 0.717) is 0 Å². The van der Waals surface area contributed by atoms with Gasteiger partial charge >= 0.3 is 5.97 Å². The van der Waals surface area contributed by atoms with Gasteiger partial charge in [0.2, 0.25) is 6.04 Å². The van der Waals surface area contributed by atoms with Crippen LogP contribution < -0.4 is 0 Å². The summed E-state index contributed by atoms with van der Waals surface area (Å²) in [6.45, 7) is 1.94. The van der Waals surface area contributed by atoms with Crippen molar-refractivity contribution in [1.82, 2.24) is 0 Å². The molecule has 0 unspecified atom stereocenters. The summed E-state index contributed by atoms with van der Waals surface area (Å²) in [5.74, 6) is -1.44. The van der Waals surface area contributed by atoms with E-state index >= 15 is 0 Å². The van der Waals surface area contributed by atoms with Crippen LogP contribution in [0.4, 0.5) is 0 Å². The summed E-state index contributed by atoms with van der Waals surface area (Å²) in [4.78, 5) is 22.0. The molecule has 2 rings (SSSR count). The Bertz CT molecular complexity index is 431. The second-order valence-electron chi connectivity index (χ2n) is 3.99. The van der Waals surface area contributed by atoms with Crippen LogP contribution in [0.1, 0.15) is 18.4 Å². The highest BCUT2D eigenvalue weighted by molar-refractivity contribution is 5.79. The lowest BCUT2D eigenvalue weighted by atomic mass is 10.1. The molecule has 0 N–H and O–H groups in total. The van der Waals surface area contributed by atoms with E-state index in [1.54, 1.807) is 19.1 Å². The summed E-state index contributed by atoms with van der Waals surface area (Å²) < 4.78 is 4.85. The van der Waals surface area contributed by atoms with Crippen molar-refractivity contribution < 1.29 is 14.5 Å². The molecule has 1 aromatic carbocycles. The van der Waals surface area contributed by atoms with Gasteiger partial charge < -0.3 is 4.74 Å². The van der Waals surface area contributed by atoms with Crippen molar-refractivity contribution in [1.29, 1.82) is 0 Å². The minimum Gasteiger partial charge on any atom is -0.466 e. The molecule has 0 saturated heterocycles. The van der Waals surface area contributed by atoms with Crippen molar-refractivity contribution in [3.05, 3.63) is 46.0 Å².